The van der Waals surface area contributed by atoms with Crippen molar-refractivity contribution in [3.8, 4) is 5.75 Å². The van der Waals surface area contributed by atoms with Crippen LogP contribution in [0.3, 0.4) is 0 Å². The number of hydrogen-bond donors (Lipinski definition) is 2. The maximum atomic E-state index is 12.1. The molecule has 2 N–H and O–H groups in total. The monoisotopic (exact) mass is 366 g/mol. The van der Waals surface area contributed by atoms with Crippen molar-refractivity contribution in [2.45, 2.75) is 31.4 Å². The summed E-state index contributed by atoms with van der Waals surface area (Å²) in [5.41, 5.74) is 0.872. The molecule has 0 radical (unpaired) electrons. The molecular weight excluding hydrogens is 344 g/mol. The summed E-state index contributed by atoms with van der Waals surface area (Å²) >= 11 is 0. The quantitative estimate of drug-likeness (QED) is 0.664. The fraction of sp³-hybridized carbons (Fsp3) is 0.353. The molecule has 0 saturated heterocycles. The number of sulfonamides is 1. The Morgan fingerprint density at radius 2 is 2.04 bits per heavy atom. The molecule has 8 heteroatoms. The maximum absolute atomic E-state index is 12.1. The Morgan fingerprint density at radius 3 is 2.76 bits per heavy atom. The Morgan fingerprint density at radius 1 is 1.24 bits per heavy atom. The molecule has 1 aromatic carbocycles. The van der Waals surface area contributed by atoms with Crippen LogP contribution in [-0.4, -0.2) is 28.0 Å². The maximum Gasteiger partial charge on any atom is 0.287 e. The fourth-order valence-electron chi connectivity index (χ4n) is 2.04. The molecule has 0 aliphatic carbocycles. The van der Waals surface area contributed by atoms with E-state index in [-0.39, 0.29) is 17.4 Å². The van der Waals surface area contributed by atoms with E-state index in [9.17, 15) is 13.2 Å². The van der Waals surface area contributed by atoms with E-state index in [1.807, 2.05) is 24.3 Å². The summed E-state index contributed by atoms with van der Waals surface area (Å²) in [7, 11) is -2.44. The van der Waals surface area contributed by atoms with Gasteiger partial charge in [-0.2, -0.15) is 0 Å². The minimum Gasteiger partial charge on any atom is -0.494 e. The molecule has 0 saturated carbocycles. The summed E-state index contributed by atoms with van der Waals surface area (Å²) in [6.45, 7) is 3.03. The number of furan rings is 1. The molecule has 0 spiro atoms. The topological polar surface area (TPSA) is 97.6 Å². The lowest BCUT2D eigenvalue weighted by atomic mass is 10.2. The van der Waals surface area contributed by atoms with Crippen LogP contribution in [0.4, 0.5) is 0 Å². The second kappa shape index (κ2) is 8.68. The van der Waals surface area contributed by atoms with Crippen molar-refractivity contribution in [2.24, 2.45) is 0 Å². The largest absolute Gasteiger partial charge is 0.494 e. The molecule has 7 nitrogen and oxygen atoms in total. The third kappa shape index (κ3) is 5.33. The molecule has 2 aromatic rings. The van der Waals surface area contributed by atoms with Gasteiger partial charge in [0.1, 0.15) is 5.75 Å². The number of ether oxygens (including phenoxy) is 1. The van der Waals surface area contributed by atoms with Crippen LogP contribution >= 0.6 is 0 Å². The summed E-state index contributed by atoms with van der Waals surface area (Å²) < 4.78 is 36.1. The van der Waals surface area contributed by atoms with Crippen molar-refractivity contribution in [1.29, 1.82) is 0 Å². The smallest absolute Gasteiger partial charge is 0.287 e. The molecular formula is C17H22N2O5S. The van der Waals surface area contributed by atoms with Gasteiger partial charge in [-0.25, -0.2) is 13.1 Å². The highest BCUT2D eigenvalue weighted by molar-refractivity contribution is 7.89. The van der Waals surface area contributed by atoms with Crippen molar-refractivity contribution < 1.29 is 22.4 Å². The van der Waals surface area contributed by atoms with Crippen molar-refractivity contribution in [3.05, 3.63) is 47.7 Å². The first-order chi connectivity index (χ1) is 12.0. The van der Waals surface area contributed by atoms with Crippen LogP contribution in [0.1, 0.15) is 35.9 Å². The number of carbonyl (C=O) groups excluding carboxylic acids is 1. The normalized spacial score (nSPS) is 11.3. The molecule has 0 atom stereocenters. The van der Waals surface area contributed by atoms with Crippen LogP contribution in [0, 0.1) is 0 Å². The lowest BCUT2D eigenvalue weighted by Crippen LogP contribution is -2.22. The van der Waals surface area contributed by atoms with E-state index < -0.39 is 15.9 Å². The van der Waals surface area contributed by atoms with Gasteiger partial charge < -0.3 is 14.5 Å². The predicted octanol–water partition coefficient (Wildman–Crippen LogP) is 2.30. The predicted molar refractivity (Wildman–Crippen MR) is 93.0 cm³/mol. The molecule has 0 aliphatic rings. The third-order valence-corrected chi connectivity index (χ3v) is 4.74. The van der Waals surface area contributed by atoms with E-state index in [4.69, 9.17) is 9.15 Å². The second-order valence-electron chi connectivity index (χ2n) is 5.36. The van der Waals surface area contributed by atoms with Gasteiger partial charge in [0.05, 0.1) is 6.61 Å². The van der Waals surface area contributed by atoms with Crippen LogP contribution in [0.15, 0.2) is 45.9 Å². The Labute approximate surface area is 147 Å². The van der Waals surface area contributed by atoms with E-state index in [0.29, 0.717) is 6.61 Å². The number of unbranched alkanes of at least 4 members (excludes halogenated alkanes) is 1. The van der Waals surface area contributed by atoms with Crippen LogP contribution in [0.25, 0.3) is 0 Å². The number of rotatable bonds is 9. The first-order valence-corrected chi connectivity index (χ1v) is 9.48. The molecule has 1 heterocycles. The van der Waals surface area contributed by atoms with Crippen molar-refractivity contribution in [1.82, 2.24) is 10.0 Å². The summed E-state index contributed by atoms with van der Waals surface area (Å²) in [6, 6.07) is 10.0. The van der Waals surface area contributed by atoms with E-state index in [1.54, 1.807) is 0 Å². The summed E-state index contributed by atoms with van der Waals surface area (Å²) in [5.74, 6) is 0.194. The second-order valence-corrected chi connectivity index (χ2v) is 7.18. The van der Waals surface area contributed by atoms with Gasteiger partial charge in [-0.15, -0.1) is 0 Å². The van der Waals surface area contributed by atoms with Crippen LogP contribution in [-0.2, 0) is 16.6 Å². The first kappa shape index (κ1) is 19.0. The SMILES string of the molecule is CCCCOc1cccc(CNC(=O)c2ccc(S(=O)(=O)NC)o2)c1. The first-order valence-electron chi connectivity index (χ1n) is 7.99. The Bertz CT molecular complexity index is 814. The summed E-state index contributed by atoms with van der Waals surface area (Å²) in [6.07, 6.45) is 2.04. The average molecular weight is 366 g/mol. The highest BCUT2D eigenvalue weighted by Gasteiger charge is 2.19. The Hall–Kier alpha value is -2.32. The van der Waals surface area contributed by atoms with Gasteiger partial charge in [0.2, 0.25) is 5.09 Å². The van der Waals surface area contributed by atoms with Gasteiger partial charge in [-0.05, 0) is 43.3 Å². The van der Waals surface area contributed by atoms with E-state index in [1.165, 1.54) is 19.2 Å². The molecule has 0 aliphatic heterocycles. The van der Waals surface area contributed by atoms with Gasteiger partial charge >= 0.3 is 0 Å². The highest BCUT2D eigenvalue weighted by Crippen LogP contribution is 2.15. The fourth-order valence-corrected chi connectivity index (χ4v) is 2.68. The van der Waals surface area contributed by atoms with E-state index >= 15 is 0 Å². The number of nitrogens with one attached hydrogen (secondary N) is 2. The molecule has 0 unspecified atom stereocenters. The molecule has 0 fully saturated rings. The van der Waals surface area contributed by atoms with Gasteiger partial charge in [-0.3, -0.25) is 4.79 Å². The van der Waals surface area contributed by atoms with Gasteiger partial charge in [-0.1, -0.05) is 25.5 Å². The van der Waals surface area contributed by atoms with Crippen LogP contribution in [0.2, 0.25) is 0 Å². The molecule has 25 heavy (non-hydrogen) atoms. The molecule has 2 rings (SSSR count). The molecule has 136 valence electrons. The zero-order chi connectivity index (χ0) is 18.3. The average Bonchev–Trinajstić information content (AvgIpc) is 3.11. The van der Waals surface area contributed by atoms with Crippen molar-refractivity contribution in [3.63, 3.8) is 0 Å². The minimum atomic E-state index is -3.71. The lowest BCUT2D eigenvalue weighted by Gasteiger charge is -2.08. The van der Waals surface area contributed by atoms with Gasteiger partial charge in [0.25, 0.3) is 15.9 Å². The van der Waals surface area contributed by atoms with Gasteiger partial charge in [0.15, 0.2) is 5.76 Å². The Kier molecular flexibility index (Phi) is 6.60. The molecule has 1 aromatic heterocycles. The standard InChI is InChI=1S/C17H22N2O5S/c1-3-4-10-23-14-7-5-6-13(11-14)12-19-17(20)15-8-9-16(24-15)25(21,22)18-2/h5-9,11,18H,3-4,10,12H2,1-2H3,(H,19,20). The number of amides is 1. The van der Waals surface area contributed by atoms with Crippen LogP contribution in [0.5, 0.6) is 5.75 Å². The van der Waals surface area contributed by atoms with E-state index in [2.05, 4.69) is 17.0 Å². The number of hydrogen-bond acceptors (Lipinski definition) is 5. The number of benzene rings is 1. The lowest BCUT2D eigenvalue weighted by molar-refractivity contribution is 0.0917. The zero-order valence-electron chi connectivity index (χ0n) is 14.2. The minimum absolute atomic E-state index is 0.0656. The summed E-state index contributed by atoms with van der Waals surface area (Å²) in [5, 5.41) is 2.39. The highest BCUT2D eigenvalue weighted by atomic mass is 32.2. The third-order valence-electron chi connectivity index (χ3n) is 3.46. The van der Waals surface area contributed by atoms with Crippen molar-refractivity contribution >= 4 is 15.9 Å². The number of carbonyl (C=O) groups is 1. The Balaban J connectivity index is 1.95. The molecule has 1 amide bonds. The molecule has 0 bridgehead atoms. The zero-order valence-corrected chi connectivity index (χ0v) is 15.1. The summed E-state index contributed by atoms with van der Waals surface area (Å²) in [4.78, 5) is 12.1. The van der Waals surface area contributed by atoms with E-state index in [0.717, 1.165) is 24.2 Å². The van der Waals surface area contributed by atoms with Crippen molar-refractivity contribution in [2.75, 3.05) is 13.7 Å². The van der Waals surface area contributed by atoms with Gasteiger partial charge in [0, 0.05) is 6.54 Å². The van der Waals surface area contributed by atoms with Crippen LogP contribution < -0.4 is 14.8 Å².